The number of nitrogens with one attached hydrogen (secondary N) is 1. The molecular formula is C27H29F3N8O2. The van der Waals surface area contributed by atoms with Crippen LogP contribution in [-0.4, -0.2) is 56.4 Å². The van der Waals surface area contributed by atoms with Gasteiger partial charge in [0.1, 0.15) is 23.1 Å². The third-order valence-corrected chi connectivity index (χ3v) is 6.41. The van der Waals surface area contributed by atoms with Crippen molar-refractivity contribution in [3.05, 3.63) is 60.6 Å². The normalized spacial score (nSPS) is 15.1. The molecule has 1 aliphatic heterocycles. The number of anilines is 2. The number of ether oxygens (including phenoxy) is 1. The van der Waals surface area contributed by atoms with Gasteiger partial charge >= 0.3 is 12.3 Å². The van der Waals surface area contributed by atoms with Crippen LogP contribution in [0.4, 0.5) is 29.5 Å². The molecule has 4 aromatic rings. The van der Waals surface area contributed by atoms with Gasteiger partial charge in [-0.1, -0.05) is 12.1 Å². The zero-order valence-electron chi connectivity index (χ0n) is 22.1. The highest BCUT2D eigenvalue weighted by Gasteiger charge is 2.39. The van der Waals surface area contributed by atoms with E-state index in [2.05, 4.69) is 20.3 Å². The maximum absolute atomic E-state index is 13.1. The third-order valence-electron chi connectivity index (χ3n) is 6.41. The lowest BCUT2D eigenvalue weighted by Gasteiger charge is -2.40. The molecule has 5 N–H and O–H groups in total. The first-order chi connectivity index (χ1) is 18.8. The van der Waals surface area contributed by atoms with Gasteiger partial charge in [-0.25, -0.2) is 19.7 Å². The van der Waals surface area contributed by atoms with E-state index in [1.807, 2.05) is 37.8 Å². The molecule has 0 aliphatic carbocycles. The number of rotatable bonds is 5. The van der Waals surface area contributed by atoms with E-state index in [1.165, 1.54) is 12.1 Å². The number of imidazole rings is 1. The van der Waals surface area contributed by atoms with Crippen LogP contribution >= 0.6 is 0 Å². The number of pyridine rings is 1. The van der Waals surface area contributed by atoms with Gasteiger partial charge in [-0.05, 0) is 45.0 Å². The van der Waals surface area contributed by atoms with E-state index in [1.54, 1.807) is 35.1 Å². The number of alkyl halides is 3. The standard InChI is InChI=1S/C27H29F3N8O2/c1-26(2,3)40-25(39)35-17-13-37(14-17)21-6-8-33-24(36-21)16-7-9-38-20(12-34-22(38)11-16)15-4-5-18(19(31)10-15)23(32)27(28,29)30/h4-12,17,23H,13-14,31-32H2,1-3H3,(H,35,39). The van der Waals surface area contributed by atoms with Crippen molar-refractivity contribution in [1.29, 1.82) is 0 Å². The minimum atomic E-state index is -4.59. The summed E-state index contributed by atoms with van der Waals surface area (Å²) in [6.45, 7) is 6.63. The van der Waals surface area contributed by atoms with E-state index in [-0.39, 0.29) is 17.3 Å². The number of nitrogen functional groups attached to an aromatic ring is 1. The number of carbonyl (C=O) groups is 1. The number of nitrogens with zero attached hydrogens (tertiary/aromatic N) is 5. The summed E-state index contributed by atoms with van der Waals surface area (Å²) >= 11 is 0. The van der Waals surface area contributed by atoms with Crippen molar-refractivity contribution >= 4 is 23.2 Å². The average molecular weight is 555 g/mol. The number of hydrogen-bond donors (Lipinski definition) is 3. The fraction of sp³-hybridized carbons (Fsp3) is 0.333. The zero-order valence-corrected chi connectivity index (χ0v) is 22.1. The van der Waals surface area contributed by atoms with E-state index in [9.17, 15) is 18.0 Å². The van der Waals surface area contributed by atoms with Gasteiger partial charge in [-0.15, -0.1) is 0 Å². The summed E-state index contributed by atoms with van der Waals surface area (Å²) in [6.07, 6.45) is 0.0363. The Morgan fingerprint density at radius 2 is 1.85 bits per heavy atom. The lowest BCUT2D eigenvalue weighted by atomic mass is 10.0. The van der Waals surface area contributed by atoms with Gasteiger partial charge in [0, 0.05) is 47.9 Å². The smallest absolute Gasteiger partial charge is 0.407 e. The molecule has 0 spiro atoms. The van der Waals surface area contributed by atoms with Crippen LogP contribution in [0.3, 0.4) is 0 Å². The highest BCUT2D eigenvalue weighted by Crippen LogP contribution is 2.35. The molecule has 1 amide bonds. The quantitative estimate of drug-likeness (QED) is 0.311. The van der Waals surface area contributed by atoms with Gasteiger partial charge in [-0.3, -0.25) is 4.40 Å². The first-order valence-electron chi connectivity index (χ1n) is 12.6. The van der Waals surface area contributed by atoms with E-state index in [4.69, 9.17) is 16.2 Å². The number of nitrogens with two attached hydrogens (primary N) is 2. The number of aromatic nitrogens is 4. The van der Waals surface area contributed by atoms with Crippen molar-refractivity contribution in [2.24, 2.45) is 5.73 Å². The van der Waals surface area contributed by atoms with E-state index in [0.29, 0.717) is 35.8 Å². The molecule has 1 aromatic carbocycles. The zero-order chi connectivity index (χ0) is 28.8. The number of fused-ring (bicyclic) bond motifs is 1. The second-order valence-electron chi connectivity index (χ2n) is 10.6. The monoisotopic (exact) mass is 554 g/mol. The molecule has 210 valence electrons. The fourth-order valence-corrected chi connectivity index (χ4v) is 4.42. The third kappa shape index (κ3) is 5.64. The van der Waals surface area contributed by atoms with E-state index >= 15 is 0 Å². The van der Waals surface area contributed by atoms with Crippen LogP contribution in [0.2, 0.25) is 0 Å². The maximum Gasteiger partial charge on any atom is 0.407 e. The maximum atomic E-state index is 13.1. The highest BCUT2D eigenvalue weighted by atomic mass is 19.4. The molecule has 1 aliphatic rings. The first kappa shape index (κ1) is 27.2. The fourth-order valence-electron chi connectivity index (χ4n) is 4.42. The molecule has 40 heavy (non-hydrogen) atoms. The predicted octanol–water partition coefficient (Wildman–Crippen LogP) is 4.32. The molecule has 0 bridgehead atoms. The van der Waals surface area contributed by atoms with Gasteiger partial charge < -0.3 is 26.4 Å². The van der Waals surface area contributed by atoms with Crippen molar-refractivity contribution < 1.29 is 22.7 Å². The molecule has 4 heterocycles. The van der Waals surface area contributed by atoms with Gasteiger partial charge in [0.25, 0.3) is 0 Å². The summed E-state index contributed by atoms with van der Waals surface area (Å²) in [4.78, 5) is 27.6. The molecule has 1 atom stereocenters. The summed E-state index contributed by atoms with van der Waals surface area (Å²) < 4.78 is 46.3. The topological polar surface area (TPSA) is 137 Å². The lowest BCUT2D eigenvalue weighted by molar-refractivity contribution is -0.149. The highest BCUT2D eigenvalue weighted by molar-refractivity contribution is 5.72. The summed E-state index contributed by atoms with van der Waals surface area (Å²) in [7, 11) is 0. The van der Waals surface area contributed by atoms with E-state index in [0.717, 1.165) is 11.4 Å². The minimum absolute atomic E-state index is 0.0414. The van der Waals surface area contributed by atoms with Crippen LogP contribution in [0.5, 0.6) is 0 Å². The SMILES string of the molecule is CC(C)(C)OC(=O)NC1CN(c2ccnc(-c3ccn4c(-c5ccc(C(N)C(F)(F)F)c(N)c5)cnc4c3)n2)C1. The van der Waals surface area contributed by atoms with Crippen molar-refractivity contribution in [2.75, 3.05) is 23.7 Å². The minimum Gasteiger partial charge on any atom is -0.444 e. The number of amides is 1. The van der Waals surface area contributed by atoms with Gasteiger partial charge in [0.15, 0.2) is 5.82 Å². The van der Waals surface area contributed by atoms with Gasteiger partial charge in [0.05, 0.1) is 17.9 Å². The van der Waals surface area contributed by atoms with Crippen LogP contribution in [0.15, 0.2) is 55.0 Å². The molecular weight excluding hydrogens is 525 g/mol. The molecule has 3 aromatic heterocycles. The molecule has 5 rings (SSSR count). The van der Waals surface area contributed by atoms with Crippen LogP contribution in [0, 0.1) is 0 Å². The van der Waals surface area contributed by atoms with Crippen molar-refractivity contribution in [3.63, 3.8) is 0 Å². The number of benzene rings is 1. The Morgan fingerprint density at radius 3 is 2.52 bits per heavy atom. The number of halogens is 3. The molecule has 1 saturated heterocycles. The van der Waals surface area contributed by atoms with Crippen LogP contribution in [-0.2, 0) is 4.74 Å². The first-order valence-corrected chi connectivity index (χ1v) is 12.6. The molecule has 1 unspecified atom stereocenters. The molecule has 10 nitrogen and oxygen atoms in total. The number of alkyl carbamates (subject to hydrolysis) is 1. The molecule has 0 radical (unpaired) electrons. The molecule has 1 fully saturated rings. The van der Waals surface area contributed by atoms with E-state index < -0.39 is 23.9 Å². The van der Waals surface area contributed by atoms with Crippen molar-refractivity contribution in [1.82, 2.24) is 24.7 Å². The molecule has 0 saturated carbocycles. The Labute approximate surface area is 228 Å². The van der Waals surface area contributed by atoms with Gasteiger partial charge in [0.2, 0.25) is 0 Å². The van der Waals surface area contributed by atoms with Crippen LogP contribution in [0.25, 0.3) is 28.3 Å². The Kier molecular flexibility index (Phi) is 6.78. The Balaban J connectivity index is 1.31. The van der Waals surface area contributed by atoms with Gasteiger partial charge in [-0.2, -0.15) is 13.2 Å². The summed E-state index contributed by atoms with van der Waals surface area (Å²) in [5.41, 5.74) is 13.1. The summed E-state index contributed by atoms with van der Waals surface area (Å²) in [6, 6.07) is 7.55. The Morgan fingerprint density at radius 1 is 1.10 bits per heavy atom. The summed E-state index contributed by atoms with van der Waals surface area (Å²) in [5.74, 6) is 1.23. The van der Waals surface area contributed by atoms with Crippen molar-refractivity contribution in [2.45, 2.75) is 44.6 Å². The predicted molar refractivity (Wildman–Crippen MR) is 144 cm³/mol. The Hall–Kier alpha value is -4.39. The number of hydrogen-bond acceptors (Lipinski definition) is 8. The van der Waals surface area contributed by atoms with Crippen LogP contribution in [0.1, 0.15) is 32.4 Å². The Bertz CT molecular complexity index is 1560. The van der Waals surface area contributed by atoms with Crippen molar-refractivity contribution in [3.8, 4) is 22.6 Å². The molecule has 13 heteroatoms. The second kappa shape index (κ2) is 9.97. The average Bonchev–Trinajstić information content (AvgIpc) is 3.27. The number of carbonyl (C=O) groups excluding carboxylic acids is 1. The summed E-state index contributed by atoms with van der Waals surface area (Å²) in [5, 5.41) is 2.85. The second-order valence-corrected chi connectivity index (χ2v) is 10.6. The largest absolute Gasteiger partial charge is 0.444 e. The lowest BCUT2D eigenvalue weighted by Crippen LogP contribution is -2.60. The van der Waals surface area contributed by atoms with Crippen LogP contribution < -0.4 is 21.7 Å².